The van der Waals surface area contributed by atoms with Crippen molar-refractivity contribution in [3.8, 4) is 0 Å². The molecule has 4 rings (SSSR count). The summed E-state index contributed by atoms with van der Waals surface area (Å²) in [4.78, 5) is 44.4. The summed E-state index contributed by atoms with van der Waals surface area (Å²) in [6.45, 7) is 5.97. The summed E-state index contributed by atoms with van der Waals surface area (Å²) >= 11 is 6.31. The molecule has 0 unspecified atom stereocenters. The van der Waals surface area contributed by atoms with Gasteiger partial charge >= 0.3 is 5.97 Å². The van der Waals surface area contributed by atoms with E-state index in [-0.39, 0.29) is 40.0 Å². The van der Waals surface area contributed by atoms with Crippen LogP contribution in [0.5, 0.6) is 0 Å². The number of carbonyl (C=O) groups is 3. The van der Waals surface area contributed by atoms with E-state index in [4.69, 9.17) is 16.7 Å². The van der Waals surface area contributed by atoms with Crippen LogP contribution in [0.1, 0.15) is 40.4 Å². The molecule has 0 aliphatic carbocycles. The second-order valence-corrected chi connectivity index (χ2v) is 8.37. The van der Waals surface area contributed by atoms with Gasteiger partial charge in [0.15, 0.2) is 11.3 Å². The van der Waals surface area contributed by atoms with Crippen LogP contribution in [0.4, 0.5) is 0 Å². The van der Waals surface area contributed by atoms with Gasteiger partial charge in [0.05, 0.1) is 11.2 Å². The van der Waals surface area contributed by atoms with Crippen LogP contribution in [0, 0.1) is 0 Å². The zero-order chi connectivity index (χ0) is 23.0. The number of hydrogen-bond donors (Lipinski definition) is 1. The Morgan fingerprint density at radius 1 is 1.12 bits per heavy atom. The number of aliphatic carboxylic acids is 1. The fourth-order valence-corrected chi connectivity index (χ4v) is 4.17. The molecule has 0 radical (unpaired) electrons. The lowest BCUT2D eigenvalue weighted by Crippen LogP contribution is -2.57. The maximum atomic E-state index is 13.3. The number of hydrogen-bond acceptors (Lipinski definition) is 6. The summed E-state index contributed by atoms with van der Waals surface area (Å²) in [6, 6.07) is 11.6. The number of nitrogens with zero attached hydrogens (tertiary/aromatic N) is 5. The van der Waals surface area contributed by atoms with Gasteiger partial charge < -0.3 is 10.0 Å². The first kappa shape index (κ1) is 21.9. The molecule has 3 heterocycles. The van der Waals surface area contributed by atoms with Gasteiger partial charge in [-0.15, -0.1) is 0 Å². The van der Waals surface area contributed by atoms with Crippen LogP contribution in [0.15, 0.2) is 42.6 Å². The highest BCUT2D eigenvalue weighted by Gasteiger charge is 2.34. The molecule has 1 N–H and O–H groups in total. The van der Waals surface area contributed by atoms with E-state index in [1.54, 1.807) is 4.90 Å². The van der Waals surface area contributed by atoms with Crippen molar-refractivity contribution in [1.82, 2.24) is 24.4 Å². The van der Waals surface area contributed by atoms with E-state index in [1.807, 2.05) is 25.1 Å². The Morgan fingerprint density at radius 2 is 1.84 bits per heavy atom. The third kappa shape index (κ3) is 4.09. The molecule has 1 aliphatic rings. The van der Waals surface area contributed by atoms with Crippen molar-refractivity contribution in [3.05, 3.63) is 64.6 Å². The lowest BCUT2D eigenvalue weighted by molar-refractivity contribution is -0.131. The fraction of sp³-hybridized carbons (Fsp3) is 0.318. The number of carboxylic acids is 1. The van der Waals surface area contributed by atoms with Crippen LogP contribution < -0.4 is 0 Å². The summed E-state index contributed by atoms with van der Waals surface area (Å²) in [5.74, 6) is -3.17. The van der Waals surface area contributed by atoms with Gasteiger partial charge in [0, 0.05) is 37.8 Å². The highest BCUT2D eigenvalue weighted by molar-refractivity contribution is 6.39. The van der Waals surface area contributed by atoms with Crippen molar-refractivity contribution in [1.29, 1.82) is 0 Å². The molecular weight excluding hydrogens is 434 g/mol. The van der Waals surface area contributed by atoms with E-state index in [1.165, 1.54) is 11.6 Å². The normalized spacial score (nSPS) is 19.3. The van der Waals surface area contributed by atoms with Crippen molar-refractivity contribution in [2.24, 2.45) is 0 Å². The van der Waals surface area contributed by atoms with E-state index in [0.29, 0.717) is 13.1 Å². The molecule has 1 fully saturated rings. The number of aromatic nitrogens is 3. The maximum Gasteiger partial charge on any atom is 0.378 e. The summed E-state index contributed by atoms with van der Waals surface area (Å²) in [5, 5.41) is 13.3. The Morgan fingerprint density at radius 3 is 2.53 bits per heavy atom. The number of amides is 1. The third-order valence-corrected chi connectivity index (χ3v) is 5.97. The molecule has 0 bridgehead atoms. The van der Waals surface area contributed by atoms with Gasteiger partial charge in [0.1, 0.15) is 5.69 Å². The molecule has 32 heavy (non-hydrogen) atoms. The Hall–Kier alpha value is -3.30. The second-order valence-electron chi connectivity index (χ2n) is 7.96. The Balaban J connectivity index is 1.59. The molecular formula is C22H22ClN5O4. The average Bonchev–Trinajstić information content (AvgIpc) is 3.17. The maximum absolute atomic E-state index is 13.3. The largest absolute Gasteiger partial charge is 0.475 e. The molecule has 0 spiro atoms. The Labute approximate surface area is 189 Å². The first-order valence-corrected chi connectivity index (χ1v) is 10.5. The van der Waals surface area contributed by atoms with Gasteiger partial charge in [0.25, 0.3) is 11.7 Å². The lowest BCUT2D eigenvalue weighted by Gasteiger charge is -2.44. The predicted molar refractivity (Wildman–Crippen MR) is 117 cm³/mol. The van der Waals surface area contributed by atoms with Gasteiger partial charge in [-0.1, -0.05) is 41.9 Å². The van der Waals surface area contributed by atoms with Crippen molar-refractivity contribution in [2.75, 3.05) is 13.1 Å². The summed E-state index contributed by atoms with van der Waals surface area (Å²) < 4.78 is 1.05. The first-order valence-electron chi connectivity index (χ1n) is 10.2. The average molecular weight is 456 g/mol. The summed E-state index contributed by atoms with van der Waals surface area (Å²) in [6.07, 6.45) is 1.11. The van der Waals surface area contributed by atoms with Crippen LogP contribution in [-0.2, 0) is 11.3 Å². The van der Waals surface area contributed by atoms with Crippen molar-refractivity contribution < 1.29 is 19.5 Å². The van der Waals surface area contributed by atoms with E-state index in [2.05, 4.69) is 34.0 Å². The number of benzene rings is 1. The van der Waals surface area contributed by atoms with Crippen LogP contribution >= 0.6 is 11.6 Å². The molecule has 10 heteroatoms. The van der Waals surface area contributed by atoms with Gasteiger partial charge in [-0.2, -0.15) is 5.10 Å². The van der Waals surface area contributed by atoms with Gasteiger partial charge in [-0.05, 0) is 19.4 Å². The quantitative estimate of drug-likeness (QED) is 0.464. The van der Waals surface area contributed by atoms with E-state index in [0.717, 1.165) is 17.3 Å². The third-order valence-electron chi connectivity index (χ3n) is 5.68. The zero-order valence-corrected chi connectivity index (χ0v) is 18.4. The number of ketones is 1. The fourth-order valence-electron chi connectivity index (χ4n) is 3.96. The highest BCUT2D eigenvalue weighted by atomic mass is 35.5. The minimum Gasteiger partial charge on any atom is -0.475 e. The lowest BCUT2D eigenvalue weighted by atomic mass is 10.1. The predicted octanol–water partition coefficient (Wildman–Crippen LogP) is 2.38. The highest BCUT2D eigenvalue weighted by Crippen LogP contribution is 2.24. The van der Waals surface area contributed by atoms with Crippen LogP contribution in [0.2, 0.25) is 5.02 Å². The minimum atomic E-state index is -1.63. The molecule has 1 saturated heterocycles. The molecule has 1 aliphatic heterocycles. The molecule has 0 saturated carbocycles. The molecule has 3 aromatic rings. The van der Waals surface area contributed by atoms with Gasteiger partial charge in [-0.25, -0.2) is 14.3 Å². The number of imidazole rings is 1. The first-order chi connectivity index (χ1) is 15.3. The molecule has 166 valence electrons. The molecule has 1 aromatic carbocycles. The molecule has 2 aromatic heterocycles. The molecule has 1 amide bonds. The SMILES string of the molecule is C[C@@H]1CN(Cc2ccccc2)[C@@H](C)CN1C(=O)c1nn2c(C(=O)C(=O)O)cnc2cc1Cl. The Kier molecular flexibility index (Phi) is 5.94. The van der Waals surface area contributed by atoms with E-state index < -0.39 is 11.8 Å². The van der Waals surface area contributed by atoms with Crippen molar-refractivity contribution in [2.45, 2.75) is 32.5 Å². The monoisotopic (exact) mass is 455 g/mol. The van der Waals surface area contributed by atoms with Crippen molar-refractivity contribution >= 4 is 34.9 Å². The molecule has 2 atom stereocenters. The smallest absolute Gasteiger partial charge is 0.378 e. The number of rotatable bonds is 5. The van der Waals surface area contributed by atoms with E-state index >= 15 is 0 Å². The minimum absolute atomic E-state index is 0.0489. The van der Waals surface area contributed by atoms with Crippen LogP contribution in [0.3, 0.4) is 0 Å². The number of piperazine rings is 1. The summed E-state index contributed by atoms with van der Waals surface area (Å²) in [7, 11) is 0. The number of halogens is 1. The zero-order valence-electron chi connectivity index (χ0n) is 17.6. The topological polar surface area (TPSA) is 108 Å². The number of fused-ring (bicyclic) bond motifs is 1. The van der Waals surface area contributed by atoms with Gasteiger partial charge in [-0.3, -0.25) is 14.5 Å². The molecule has 9 nitrogen and oxygen atoms in total. The van der Waals surface area contributed by atoms with Crippen LogP contribution in [0.25, 0.3) is 5.65 Å². The van der Waals surface area contributed by atoms with E-state index in [9.17, 15) is 14.4 Å². The number of carboxylic acid groups (broad SMARTS) is 1. The number of carbonyl (C=O) groups excluding carboxylic acids is 2. The number of Topliss-reactive ketones (excluding diaryl/α,β-unsaturated/α-hetero) is 1. The standard InChI is InChI=1S/C22H22ClN5O4/c1-13-11-27(14(2)10-26(13)12-15-6-4-3-5-7-15)21(30)19-16(23)8-18-24-9-17(28(18)25-19)20(29)22(31)32/h3-9,13-14H,10-12H2,1-2H3,(H,31,32)/t13-,14+/m0/s1. The second kappa shape index (κ2) is 8.68. The van der Waals surface area contributed by atoms with Crippen molar-refractivity contribution in [3.63, 3.8) is 0 Å². The Bertz CT molecular complexity index is 1200. The van der Waals surface area contributed by atoms with Crippen LogP contribution in [-0.4, -0.2) is 72.3 Å². The van der Waals surface area contributed by atoms with Gasteiger partial charge in [0.2, 0.25) is 0 Å². The summed E-state index contributed by atoms with van der Waals surface area (Å²) in [5.41, 5.74) is 1.10.